The number of rotatable bonds is 3. The third-order valence-corrected chi connectivity index (χ3v) is 5.93. The van der Waals surface area contributed by atoms with Crippen molar-refractivity contribution in [2.24, 2.45) is 11.7 Å². The average molecular weight is 383 g/mol. The lowest BCUT2D eigenvalue weighted by molar-refractivity contribution is 0.1000. The van der Waals surface area contributed by atoms with Crippen molar-refractivity contribution >= 4 is 51.4 Å². The quantitative estimate of drug-likeness (QED) is 0.817. The van der Waals surface area contributed by atoms with Crippen LogP contribution in [0.1, 0.15) is 44.5 Å². The summed E-state index contributed by atoms with van der Waals surface area (Å²) in [5.41, 5.74) is 7.22. The molecule has 1 heterocycles. The van der Waals surface area contributed by atoms with E-state index < -0.39 is 11.8 Å². The number of thiophene rings is 1. The molecule has 4 nitrogen and oxygen atoms in total. The van der Waals surface area contributed by atoms with Crippen LogP contribution in [0.4, 0.5) is 5.00 Å². The van der Waals surface area contributed by atoms with Gasteiger partial charge in [-0.2, -0.15) is 0 Å². The minimum Gasteiger partial charge on any atom is -0.365 e. The molecule has 0 radical (unpaired) electrons. The first-order valence-electron chi connectivity index (χ1n) is 7.57. The first kappa shape index (κ1) is 17.3. The minimum atomic E-state index is -0.519. The summed E-state index contributed by atoms with van der Waals surface area (Å²) in [6, 6.07) is 4.68. The van der Waals surface area contributed by atoms with Crippen LogP contribution >= 0.6 is 34.5 Å². The monoisotopic (exact) mass is 382 g/mol. The summed E-state index contributed by atoms with van der Waals surface area (Å²) in [6.07, 6.45) is 2.77. The molecular weight excluding hydrogens is 367 g/mol. The summed E-state index contributed by atoms with van der Waals surface area (Å²) in [5.74, 6) is -0.429. The van der Waals surface area contributed by atoms with Gasteiger partial charge in [0.25, 0.3) is 11.8 Å². The van der Waals surface area contributed by atoms with Gasteiger partial charge in [0, 0.05) is 9.90 Å². The predicted octanol–water partition coefficient (Wildman–Crippen LogP) is 4.53. The molecule has 0 saturated carbocycles. The lowest BCUT2D eigenvalue weighted by atomic mass is 9.87. The molecule has 3 rings (SSSR count). The van der Waals surface area contributed by atoms with Crippen molar-refractivity contribution < 1.29 is 9.59 Å². The van der Waals surface area contributed by atoms with Crippen molar-refractivity contribution in [2.45, 2.75) is 26.2 Å². The Bertz CT molecular complexity index is 832. The van der Waals surface area contributed by atoms with Crippen LogP contribution in [0.2, 0.25) is 10.0 Å². The molecule has 2 amide bonds. The zero-order chi connectivity index (χ0) is 17.4. The van der Waals surface area contributed by atoms with Crippen molar-refractivity contribution in [3.05, 3.63) is 49.8 Å². The molecule has 0 unspecified atom stereocenters. The largest absolute Gasteiger partial charge is 0.365 e. The fraction of sp³-hybridized carbons (Fsp3) is 0.294. The van der Waals surface area contributed by atoms with E-state index in [9.17, 15) is 9.59 Å². The number of carbonyl (C=O) groups excluding carboxylic acids is 2. The van der Waals surface area contributed by atoms with Crippen LogP contribution in [0.5, 0.6) is 0 Å². The molecule has 7 heteroatoms. The molecule has 0 aliphatic heterocycles. The molecule has 1 aliphatic carbocycles. The summed E-state index contributed by atoms with van der Waals surface area (Å²) < 4.78 is 0. The normalized spacial score (nSPS) is 16.5. The van der Waals surface area contributed by atoms with E-state index in [1.807, 2.05) is 0 Å². The third kappa shape index (κ3) is 3.29. The second kappa shape index (κ2) is 6.75. The number of carbonyl (C=O) groups is 2. The van der Waals surface area contributed by atoms with Crippen molar-refractivity contribution in [3.8, 4) is 0 Å². The molecule has 1 aromatic heterocycles. The Morgan fingerprint density at radius 1 is 1.33 bits per heavy atom. The number of halogens is 2. The number of hydrogen-bond acceptors (Lipinski definition) is 3. The summed E-state index contributed by atoms with van der Waals surface area (Å²) in [6.45, 7) is 2.15. The molecule has 1 aromatic carbocycles. The zero-order valence-corrected chi connectivity index (χ0v) is 15.3. The standard InChI is InChI=1S/C17H16Cl2N2O2S/c1-8-2-5-13-11(6-8)14(15(20)22)17(24-13)21-16(23)10-7-9(18)3-4-12(10)19/h3-4,7-8H,2,5-6H2,1H3,(H2,20,22)(H,21,23)/t8-/m0/s1. The number of hydrogen-bond donors (Lipinski definition) is 2. The molecule has 1 aliphatic rings. The van der Waals surface area contributed by atoms with Crippen molar-refractivity contribution in [1.29, 1.82) is 0 Å². The third-order valence-electron chi connectivity index (χ3n) is 4.15. The van der Waals surface area contributed by atoms with Crippen LogP contribution in [0, 0.1) is 5.92 Å². The molecule has 1 atom stereocenters. The first-order chi connectivity index (χ1) is 11.4. The van der Waals surface area contributed by atoms with Crippen LogP contribution in [0.3, 0.4) is 0 Å². The maximum Gasteiger partial charge on any atom is 0.257 e. The van der Waals surface area contributed by atoms with Crippen LogP contribution < -0.4 is 11.1 Å². The number of aryl methyl sites for hydroxylation is 1. The SMILES string of the molecule is C[C@H]1CCc2sc(NC(=O)c3cc(Cl)ccc3Cl)c(C(N)=O)c2C1. The Labute approximate surface area is 153 Å². The van der Waals surface area contributed by atoms with Gasteiger partial charge in [-0.15, -0.1) is 11.3 Å². The molecule has 126 valence electrons. The topological polar surface area (TPSA) is 72.2 Å². The lowest BCUT2D eigenvalue weighted by Crippen LogP contribution is -2.20. The Balaban J connectivity index is 1.97. The van der Waals surface area contributed by atoms with Gasteiger partial charge < -0.3 is 11.1 Å². The Morgan fingerprint density at radius 2 is 2.08 bits per heavy atom. The average Bonchev–Trinajstić information content (AvgIpc) is 2.86. The van der Waals surface area contributed by atoms with E-state index in [0.717, 1.165) is 29.7 Å². The molecule has 3 N–H and O–H groups in total. The smallest absolute Gasteiger partial charge is 0.257 e. The highest BCUT2D eigenvalue weighted by Gasteiger charge is 2.27. The van der Waals surface area contributed by atoms with Crippen molar-refractivity contribution in [2.75, 3.05) is 5.32 Å². The summed E-state index contributed by atoms with van der Waals surface area (Å²) in [7, 11) is 0. The van der Waals surface area contributed by atoms with Crippen LogP contribution in [-0.2, 0) is 12.8 Å². The van der Waals surface area contributed by atoms with Gasteiger partial charge in [-0.3, -0.25) is 9.59 Å². The number of nitrogens with one attached hydrogen (secondary N) is 1. The maximum absolute atomic E-state index is 12.5. The van der Waals surface area contributed by atoms with E-state index in [1.165, 1.54) is 17.4 Å². The van der Waals surface area contributed by atoms with E-state index in [2.05, 4.69) is 12.2 Å². The van der Waals surface area contributed by atoms with E-state index in [-0.39, 0.29) is 5.56 Å². The number of amides is 2. The number of benzene rings is 1. The van der Waals surface area contributed by atoms with Gasteiger partial charge >= 0.3 is 0 Å². The van der Waals surface area contributed by atoms with E-state index >= 15 is 0 Å². The van der Waals surface area contributed by atoms with Crippen LogP contribution in [0.15, 0.2) is 18.2 Å². The van der Waals surface area contributed by atoms with Gasteiger partial charge in [0.1, 0.15) is 5.00 Å². The summed E-state index contributed by atoms with van der Waals surface area (Å²) in [5, 5.41) is 3.99. The van der Waals surface area contributed by atoms with Gasteiger partial charge in [-0.1, -0.05) is 30.1 Å². The van der Waals surface area contributed by atoms with Crippen LogP contribution in [-0.4, -0.2) is 11.8 Å². The lowest BCUT2D eigenvalue weighted by Gasteiger charge is -2.18. The molecule has 24 heavy (non-hydrogen) atoms. The van der Waals surface area contributed by atoms with Gasteiger partial charge in [-0.05, 0) is 48.9 Å². The predicted molar refractivity (Wildman–Crippen MR) is 98.4 cm³/mol. The minimum absolute atomic E-state index is 0.263. The summed E-state index contributed by atoms with van der Waals surface area (Å²) >= 11 is 13.4. The van der Waals surface area contributed by atoms with Gasteiger partial charge in [0.15, 0.2) is 0 Å². The Hall–Kier alpha value is -1.56. The molecule has 2 aromatic rings. The molecule has 0 bridgehead atoms. The van der Waals surface area contributed by atoms with E-state index in [0.29, 0.717) is 26.5 Å². The Morgan fingerprint density at radius 3 is 2.79 bits per heavy atom. The molecule has 0 fully saturated rings. The second-order valence-corrected chi connectivity index (χ2v) is 7.95. The highest BCUT2D eigenvalue weighted by Crippen LogP contribution is 2.39. The number of anilines is 1. The fourth-order valence-corrected chi connectivity index (χ4v) is 4.57. The highest BCUT2D eigenvalue weighted by atomic mass is 35.5. The molecular formula is C17H16Cl2N2O2S. The van der Waals surface area contributed by atoms with Crippen molar-refractivity contribution in [3.63, 3.8) is 0 Å². The molecule has 0 spiro atoms. The van der Waals surface area contributed by atoms with E-state index in [4.69, 9.17) is 28.9 Å². The fourth-order valence-electron chi connectivity index (χ4n) is 2.95. The number of fused-ring (bicyclic) bond motifs is 1. The summed E-state index contributed by atoms with van der Waals surface area (Å²) in [4.78, 5) is 25.6. The highest BCUT2D eigenvalue weighted by molar-refractivity contribution is 7.17. The van der Waals surface area contributed by atoms with Crippen LogP contribution in [0.25, 0.3) is 0 Å². The van der Waals surface area contributed by atoms with Crippen molar-refractivity contribution in [1.82, 2.24) is 0 Å². The Kier molecular flexibility index (Phi) is 4.85. The van der Waals surface area contributed by atoms with Gasteiger partial charge in [0.2, 0.25) is 0 Å². The van der Waals surface area contributed by atoms with Gasteiger partial charge in [-0.25, -0.2) is 0 Å². The van der Waals surface area contributed by atoms with Gasteiger partial charge in [0.05, 0.1) is 16.1 Å². The number of nitrogens with two attached hydrogens (primary N) is 1. The molecule has 0 saturated heterocycles. The first-order valence-corrected chi connectivity index (χ1v) is 9.14. The maximum atomic E-state index is 12.5. The van der Waals surface area contributed by atoms with E-state index in [1.54, 1.807) is 12.1 Å². The number of primary amides is 1. The second-order valence-electron chi connectivity index (χ2n) is 6.00. The zero-order valence-electron chi connectivity index (χ0n) is 13.0.